The molecule has 0 radical (unpaired) electrons. The summed E-state index contributed by atoms with van der Waals surface area (Å²) in [4.78, 5) is 19.6. The number of aromatic amines is 1. The highest BCUT2D eigenvalue weighted by Gasteiger charge is 2.19. The number of imidazole rings is 1. The smallest absolute Gasteiger partial charge is 0.348 e. The molecule has 0 bridgehead atoms. The molecule has 0 saturated heterocycles. The molecule has 0 saturated carbocycles. The average molecular weight is 403 g/mol. The number of rotatable bonds is 5. The van der Waals surface area contributed by atoms with Crippen molar-refractivity contribution < 1.29 is 17.9 Å². The first-order valence-electron chi connectivity index (χ1n) is 6.56. The van der Waals surface area contributed by atoms with Gasteiger partial charge in [-0.1, -0.05) is 11.6 Å². The van der Waals surface area contributed by atoms with E-state index < -0.39 is 15.8 Å². The van der Waals surface area contributed by atoms with Gasteiger partial charge < -0.3 is 9.72 Å². The van der Waals surface area contributed by atoms with Crippen molar-refractivity contribution in [1.82, 2.24) is 9.97 Å². The number of sulfone groups is 1. The van der Waals surface area contributed by atoms with E-state index in [0.717, 1.165) is 11.8 Å². The Kier molecular flexibility index (Phi) is 4.86. The standard InChI is InChI=1S/C14H11ClN2O4S3/c1-21-14(18)12-2-8(5-22-12)23-7-24(19,20)9-3-10(15)13-11(4-9)16-6-17-13/h2-6H,7H2,1H3,(H,16,17). The number of nitrogens with one attached hydrogen (secondary N) is 1. The second kappa shape index (κ2) is 6.75. The highest BCUT2D eigenvalue weighted by atomic mass is 35.5. The van der Waals surface area contributed by atoms with Crippen molar-refractivity contribution in [2.75, 3.05) is 12.2 Å². The molecule has 0 aliphatic heterocycles. The van der Waals surface area contributed by atoms with Gasteiger partial charge in [0.15, 0.2) is 9.84 Å². The number of nitrogens with zero attached hydrogens (tertiary/aromatic N) is 1. The molecule has 0 atom stereocenters. The molecule has 0 fully saturated rings. The Hall–Kier alpha value is -1.55. The van der Waals surface area contributed by atoms with Crippen LogP contribution in [-0.4, -0.2) is 36.5 Å². The summed E-state index contributed by atoms with van der Waals surface area (Å²) >= 11 is 8.42. The predicted molar refractivity (Wildman–Crippen MR) is 94.7 cm³/mol. The van der Waals surface area contributed by atoms with Crippen LogP contribution < -0.4 is 0 Å². The van der Waals surface area contributed by atoms with E-state index in [1.54, 1.807) is 11.4 Å². The summed E-state index contributed by atoms with van der Waals surface area (Å²) in [5.41, 5.74) is 1.10. The van der Waals surface area contributed by atoms with Crippen LogP contribution in [-0.2, 0) is 14.6 Å². The lowest BCUT2D eigenvalue weighted by molar-refractivity contribution is 0.0606. The number of benzene rings is 1. The number of hydrogen-bond acceptors (Lipinski definition) is 7. The minimum Gasteiger partial charge on any atom is -0.465 e. The summed E-state index contributed by atoms with van der Waals surface area (Å²) in [5, 5.41) is 1.83. The molecule has 2 heterocycles. The van der Waals surface area contributed by atoms with Gasteiger partial charge in [0.05, 0.1) is 28.9 Å². The third-order valence-electron chi connectivity index (χ3n) is 3.15. The Labute approximate surface area is 151 Å². The van der Waals surface area contributed by atoms with Crippen molar-refractivity contribution in [3.8, 4) is 0 Å². The second-order valence-corrected chi connectivity index (χ2v) is 9.44. The lowest BCUT2D eigenvalue weighted by atomic mass is 10.3. The Morgan fingerprint density at radius 1 is 1.42 bits per heavy atom. The number of aromatic nitrogens is 2. The monoisotopic (exact) mass is 402 g/mol. The number of ether oxygens (including phenoxy) is 1. The molecule has 0 unspecified atom stereocenters. The number of hydrogen-bond donors (Lipinski definition) is 1. The van der Waals surface area contributed by atoms with Gasteiger partial charge in [0.1, 0.15) is 15.5 Å². The number of fused-ring (bicyclic) bond motifs is 1. The molecule has 3 rings (SSSR count). The summed E-state index contributed by atoms with van der Waals surface area (Å²) in [6.07, 6.45) is 1.46. The van der Waals surface area contributed by atoms with Crippen LogP contribution in [0.25, 0.3) is 11.0 Å². The van der Waals surface area contributed by atoms with Crippen molar-refractivity contribution in [2.45, 2.75) is 9.79 Å². The Balaban J connectivity index is 1.80. The maximum absolute atomic E-state index is 12.5. The summed E-state index contributed by atoms with van der Waals surface area (Å²) in [7, 11) is -2.25. The lowest BCUT2D eigenvalue weighted by Gasteiger charge is -2.05. The zero-order chi connectivity index (χ0) is 17.3. The number of halogens is 1. The molecular weight excluding hydrogens is 392 g/mol. The van der Waals surface area contributed by atoms with Crippen molar-refractivity contribution >= 4 is 61.5 Å². The molecule has 10 heteroatoms. The first-order valence-corrected chi connectivity index (χ1v) is 10.5. The van der Waals surface area contributed by atoms with E-state index in [1.165, 1.54) is 36.9 Å². The fraction of sp³-hybridized carbons (Fsp3) is 0.143. The molecular formula is C14H11ClN2O4S3. The maximum Gasteiger partial charge on any atom is 0.348 e. The van der Waals surface area contributed by atoms with E-state index in [-0.39, 0.29) is 15.0 Å². The van der Waals surface area contributed by atoms with Crippen molar-refractivity contribution in [3.05, 3.63) is 39.8 Å². The third-order valence-corrected chi connectivity index (χ3v) is 7.74. The quantitative estimate of drug-likeness (QED) is 0.518. The van der Waals surface area contributed by atoms with Crippen LogP contribution in [0.3, 0.4) is 0 Å². The summed E-state index contributed by atoms with van der Waals surface area (Å²) < 4.78 is 29.7. The van der Waals surface area contributed by atoms with E-state index in [9.17, 15) is 13.2 Å². The highest BCUT2D eigenvalue weighted by molar-refractivity contribution is 8.12. The van der Waals surface area contributed by atoms with Crippen LogP contribution in [0.15, 0.2) is 39.7 Å². The van der Waals surface area contributed by atoms with E-state index in [0.29, 0.717) is 20.8 Å². The summed E-state index contributed by atoms with van der Waals surface area (Å²) in [5.74, 6) is -0.439. The molecule has 0 aliphatic rings. The van der Waals surface area contributed by atoms with Gasteiger partial charge in [-0.15, -0.1) is 23.1 Å². The SMILES string of the molecule is COC(=O)c1cc(SCS(=O)(=O)c2cc(Cl)c3nc[nH]c3c2)cs1. The predicted octanol–water partition coefficient (Wildman–Crippen LogP) is 3.59. The van der Waals surface area contributed by atoms with Gasteiger partial charge in [-0.05, 0) is 18.2 Å². The van der Waals surface area contributed by atoms with Crippen molar-refractivity contribution in [3.63, 3.8) is 0 Å². The van der Waals surface area contributed by atoms with Crippen LogP contribution in [0, 0.1) is 0 Å². The van der Waals surface area contributed by atoms with Gasteiger partial charge in [0.2, 0.25) is 0 Å². The van der Waals surface area contributed by atoms with Gasteiger partial charge in [0, 0.05) is 10.3 Å². The number of carbonyl (C=O) groups is 1. The molecule has 1 aromatic carbocycles. The van der Waals surface area contributed by atoms with Gasteiger partial charge >= 0.3 is 5.97 Å². The fourth-order valence-corrected chi connectivity index (χ4v) is 5.99. The first kappa shape index (κ1) is 17.3. The van der Waals surface area contributed by atoms with Crippen molar-refractivity contribution in [2.24, 2.45) is 0 Å². The number of H-pyrrole nitrogens is 1. The van der Waals surface area contributed by atoms with Gasteiger partial charge in [-0.2, -0.15) is 0 Å². The van der Waals surface area contributed by atoms with Crippen LogP contribution in [0.1, 0.15) is 9.67 Å². The zero-order valence-electron chi connectivity index (χ0n) is 12.3. The molecule has 24 heavy (non-hydrogen) atoms. The van der Waals surface area contributed by atoms with Crippen molar-refractivity contribution in [1.29, 1.82) is 0 Å². The van der Waals surface area contributed by atoms with E-state index >= 15 is 0 Å². The molecule has 1 N–H and O–H groups in total. The average Bonchev–Trinajstić information content (AvgIpc) is 3.21. The van der Waals surface area contributed by atoms with Gasteiger partial charge in [-0.25, -0.2) is 18.2 Å². The Bertz CT molecular complexity index is 1010. The maximum atomic E-state index is 12.5. The Morgan fingerprint density at radius 2 is 2.21 bits per heavy atom. The van der Waals surface area contributed by atoms with Gasteiger partial charge in [0.25, 0.3) is 0 Å². The molecule has 6 nitrogen and oxygen atoms in total. The summed E-state index contributed by atoms with van der Waals surface area (Å²) in [6.45, 7) is 0. The highest BCUT2D eigenvalue weighted by Crippen LogP contribution is 2.30. The molecule has 0 spiro atoms. The number of methoxy groups -OCH3 is 1. The second-order valence-electron chi connectivity index (χ2n) is 4.72. The fourth-order valence-electron chi connectivity index (χ4n) is 1.98. The third kappa shape index (κ3) is 3.44. The Morgan fingerprint density at radius 3 is 2.96 bits per heavy atom. The lowest BCUT2D eigenvalue weighted by Crippen LogP contribution is -2.04. The first-order chi connectivity index (χ1) is 11.4. The van der Waals surface area contributed by atoms with E-state index in [4.69, 9.17) is 11.6 Å². The van der Waals surface area contributed by atoms with Crippen LogP contribution in [0.4, 0.5) is 0 Å². The normalized spacial score (nSPS) is 11.8. The topological polar surface area (TPSA) is 89.1 Å². The van der Waals surface area contributed by atoms with E-state index in [2.05, 4.69) is 14.7 Å². The minimum atomic E-state index is -3.55. The number of thioether (sulfide) groups is 1. The molecule has 3 aromatic rings. The number of thiophene rings is 1. The molecule has 0 aliphatic carbocycles. The van der Waals surface area contributed by atoms with E-state index in [1.807, 2.05) is 0 Å². The van der Waals surface area contributed by atoms with Crippen LogP contribution >= 0.6 is 34.7 Å². The molecule has 0 amide bonds. The largest absolute Gasteiger partial charge is 0.465 e. The minimum absolute atomic E-state index is 0.125. The molecule has 126 valence electrons. The molecule has 2 aromatic heterocycles. The number of esters is 1. The van der Waals surface area contributed by atoms with Crippen LogP contribution in [0.2, 0.25) is 5.02 Å². The van der Waals surface area contributed by atoms with Crippen LogP contribution in [0.5, 0.6) is 0 Å². The number of carbonyl (C=O) groups excluding carboxylic acids is 1. The zero-order valence-corrected chi connectivity index (χ0v) is 15.5. The van der Waals surface area contributed by atoms with Gasteiger partial charge in [-0.3, -0.25) is 0 Å². The summed E-state index contributed by atoms with van der Waals surface area (Å²) in [6, 6.07) is 4.52.